The zero-order valence-electron chi connectivity index (χ0n) is 12.9. The second-order valence-corrected chi connectivity index (χ2v) is 5.80. The number of amides is 2. The number of nitrogens with one attached hydrogen (secondary N) is 2. The van der Waals surface area contributed by atoms with Gasteiger partial charge >= 0.3 is 6.03 Å². The van der Waals surface area contributed by atoms with Crippen LogP contribution in [0.15, 0.2) is 18.3 Å². The Kier molecular flexibility index (Phi) is 5.84. The van der Waals surface area contributed by atoms with Crippen LogP contribution in [0.1, 0.15) is 51.5 Å². The number of hydrogen-bond acceptors (Lipinski definition) is 3. The molecule has 1 heterocycles. The molecule has 21 heavy (non-hydrogen) atoms. The maximum Gasteiger partial charge on any atom is 0.315 e. The Morgan fingerprint density at radius 3 is 2.86 bits per heavy atom. The van der Waals surface area contributed by atoms with Crippen LogP contribution in [0.25, 0.3) is 0 Å². The highest BCUT2D eigenvalue weighted by Gasteiger charge is 2.15. The smallest absolute Gasteiger partial charge is 0.315 e. The van der Waals surface area contributed by atoms with Gasteiger partial charge in [0.1, 0.15) is 0 Å². The summed E-state index contributed by atoms with van der Waals surface area (Å²) in [6.07, 6.45) is 7.63. The monoisotopic (exact) mass is 291 g/mol. The van der Waals surface area contributed by atoms with Gasteiger partial charge in [0.05, 0.1) is 6.10 Å². The largest absolute Gasteiger partial charge is 0.475 e. The molecule has 1 aliphatic rings. The summed E-state index contributed by atoms with van der Waals surface area (Å²) in [5, 5.41) is 5.93. The predicted octanol–water partition coefficient (Wildman–Crippen LogP) is 3.00. The maximum absolute atomic E-state index is 11.9. The Bertz CT molecular complexity index is 457. The number of nitrogens with zero attached hydrogens (tertiary/aromatic N) is 1. The molecule has 2 amide bonds. The molecule has 0 unspecified atom stereocenters. The van der Waals surface area contributed by atoms with Crippen molar-refractivity contribution in [3.8, 4) is 5.88 Å². The summed E-state index contributed by atoms with van der Waals surface area (Å²) >= 11 is 0. The van der Waals surface area contributed by atoms with Gasteiger partial charge in [0.25, 0.3) is 0 Å². The van der Waals surface area contributed by atoms with E-state index in [1.807, 2.05) is 26.0 Å². The minimum atomic E-state index is -0.110. The van der Waals surface area contributed by atoms with E-state index in [-0.39, 0.29) is 12.1 Å². The number of carbonyl (C=O) groups is 1. The molecule has 1 aromatic heterocycles. The normalized spacial score (nSPS) is 15.8. The summed E-state index contributed by atoms with van der Waals surface area (Å²) in [5.41, 5.74) is 0.894. The van der Waals surface area contributed by atoms with Gasteiger partial charge in [-0.1, -0.05) is 25.3 Å². The SMILES string of the molecule is CC(C)Oc1ncccc1CNC(=O)NC1CCCCC1. The van der Waals surface area contributed by atoms with Gasteiger partial charge in [0, 0.05) is 24.3 Å². The van der Waals surface area contributed by atoms with Crippen LogP contribution in [-0.4, -0.2) is 23.2 Å². The quantitative estimate of drug-likeness (QED) is 0.876. The lowest BCUT2D eigenvalue weighted by atomic mass is 9.96. The van der Waals surface area contributed by atoms with Crippen molar-refractivity contribution in [1.82, 2.24) is 15.6 Å². The average molecular weight is 291 g/mol. The molecule has 1 aromatic rings. The molecule has 116 valence electrons. The van der Waals surface area contributed by atoms with Gasteiger partial charge in [-0.15, -0.1) is 0 Å². The van der Waals surface area contributed by atoms with Gasteiger partial charge in [-0.25, -0.2) is 9.78 Å². The van der Waals surface area contributed by atoms with Crippen LogP contribution in [0.2, 0.25) is 0 Å². The lowest BCUT2D eigenvalue weighted by Gasteiger charge is -2.23. The summed E-state index contributed by atoms with van der Waals surface area (Å²) in [6, 6.07) is 3.98. The van der Waals surface area contributed by atoms with E-state index < -0.39 is 0 Å². The van der Waals surface area contributed by atoms with Crippen molar-refractivity contribution in [1.29, 1.82) is 0 Å². The Hall–Kier alpha value is -1.78. The van der Waals surface area contributed by atoms with Crippen LogP contribution in [0.5, 0.6) is 5.88 Å². The zero-order valence-corrected chi connectivity index (χ0v) is 12.9. The predicted molar refractivity (Wildman–Crippen MR) is 82.2 cm³/mol. The molecule has 0 aromatic carbocycles. The number of pyridine rings is 1. The third kappa shape index (κ3) is 5.25. The van der Waals surface area contributed by atoms with E-state index in [0.717, 1.165) is 18.4 Å². The molecule has 0 atom stereocenters. The molecule has 2 rings (SSSR count). The first-order chi connectivity index (χ1) is 10.1. The Balaban J connectivity index is 1.83. The van der Waals surface area contributed by atoms with Crippen molar-refractivity contribution in [2.24, 2.45) is 0 Å². The van der Waals surface area contributed by atoms with Crippen LogP contribution in [-0.2, 0) is 6.54 Å². The molecule has 0 aliphatic heterocycles. The van der Waals surface area contributed by atoms with E-state index >= 15 is 0 Å². The van der Waals surface area contributed by atoms with E-state index in [4.69, 9.17) is 4.74 Å². The number of rotatable bonds is 5. The molecular formula is C16H25N3O2. The van der Waals surface area contributed by atoms with Crippen molar-refractivity contribution in [2.45, 2.75) is 64.6 Å². The minimum absolute atomic E-state index is 0.0646. The second kappa shape index (κ2) is 7.86. The van der Waals surface area contributed by atoms with E-state index in [9.17, 15) is 4.79 Å². The molecule has 0 radical (unpaired) electrons. The van der Waals surface area contributed by atoms with Crippen LogP contribution in [0.4, 0.5) is 4.79 Å². The number of aromatic nitrogens is 1. The standard InChI is InChI=1S/C16H25N3O2/c1-12(2)21-15-13(7-6-10-17-15)11-18-16(20)19-14-8-4-3-5-9-14/h6-7,10,12,14H,3-5,8-9,11H2,1-2H3,(H2,18,19,20). The summed E-state index contributed by atoms with van der Waals surface area (Å²) in [4.78, 5) is 16.2. The van der Waals surface area contributed by atoms with Gasteiger partial charge in [-0.3, -0.25) is 0 Å². The minimum Gasteiger partial charge on any atom is -0.475 e. The van der Waals surface area contributed by atoms with E-state index in [2.05, 4.69) is 15.6 Å². The molecule has 1 aliphatic carbocycles. The number of urea groups is 1. The summed E-state index contributed by atoms with van der Waals surface area (Å²) in [5.74, 6) is 0.588. The van der Waals surface area contributed by atoms with Gasteiger partial charge in [-0.05, 0) is 32.8 Å². The van der Waals surface area contributed by atoms with E-state index in [0.29, 0.717) is 18.5 Å². The Morgan fingerprint density at radius 2 is 2.14 bits per heavy atom. The van der Waals surface area contributed by atoms with Crippen molar-refractivity contribution in [2.75, 3.05) is 0 Å². The number of carbonyl (C=O) groups excluding carboxylic acids is 1. The second-order valence-electron chi connectivity index (χ2n) is 5.80. The number of hydrogen-bond donors (Lipinski definition) is 2. The van der Waals surface area contributed by atoms with E-state index in [1.54, 1.807) is 6.20 Å². The van der Waals surface area contributed by atoms with Gasteiger partial charge in [0.15, 0.2) is 0 Å². The third-order valence-corrected chi connectivity index (χ3v) is 3.58. The molecule has 5 nitrogen and oxygen atoms in total. The molecule has 0 saturated heterocycles. The van der Waals surface area contributed by atoms with Gasteiger partial charge < -0.3 is 15.4 Å². The van der Waals surface area contributed by atoms with Crippen molar-refractivity contribution < 1.29 is 9.53 Å². The maximum atomic E-state index is 11.9. The van der Waals surface area contributed by atoms with Crippen LogP contribution >= 0.6 is 0 Å². The van der Waals surface area contributed by atoms with Gasteiger partial charge in [-0.2, -0.15) is 0 Å². The third-order valence-electron chi connectivity index (χ3n) is 3.58. The lowest BCUT2D eigenvalue weighted by molar-refractivity contribution is 0.226. The van der Waals surface area contributed by atoms with Crippen LogP contribution in [0, 0.1) is 0 Å². The van der Waals surface area contributed by atoms with Crippen molar-refractivity contribution in [3.63, 3.8) is 0 Å². The first kappa shape index (κ1) is 15.6. The Labute approximate surface area is 126 Å². The fourth-order valence-electron chi connectivity index (χ4n) is 2.55. The summed E-state index contributed by atoms with van der Waals surface area (Å²) in [7, 11) is 0. The summed E-state index contributed by atoms with van der Waals surface area (Å²) in [6.45, 7) is 4.35. The van der Waals surface area contributed by atoms with Crippen LogP contribution in [0.3, 0.4) is 0 Å². The molecule has 5 heteroatoms. The molecule has 2 N–H and O–H groups in total. The van der Waals surface area contributed by atoms with E-state index in [1.165, 1.54) is 19.3 Å². The fourth-order valence-corrected chi connectivity index (χ4v) is 2.55. The first-order valence-corrected chi connectivity index (χ1v) is 7.80. The average Bonchev–Trinajstić information content (AvgIpc) is 2.47. The van der Waals surface area contributed by atoms with Gasteiger partial charge in [0.2, 0.25) is 5.88 Å². The van der Waals surface area contributed by atoms with Crippen LogP contribution < -0.4 is 15.4 Å². The highest BCUT2D eigenvalue weighted by atomic mass is 16.5. The highest BCUT2D eigenvalue weighted by Crippen LogP contribution is 2.18. The summed E-state index contributed by atoms with van der Waals surface area (Å²) < 4.78 is 5.64. The zero-order chi connectivity index (χ0) is 15.1. The molecule has 1 fully saturated rings. The lowest BCUT2D eigenvalue weighted by Crippen LogP contribution is -2.42. The Morgan fingerprint density at radius 1 is 1.38 bits per heavy atom. The molecule has 0 bridgehead atoms. The van der Waals surface area contributed by atoms with Crippen molar-refractivity contribution in [3.05, 3.63) is 23.9 Å². The number of ether oxygens (including phenoxy) is 1. The topological polar surface area (TPSA) is 63.2 Å². The fraction of sp³-hybridized carbons (Fsp3) is 0.625. The molecule has 0 spiro atoms. The van der Waals surface area contributed by atoms with Crippen molar-refractivity contribution >= 4 is 6.03 Å². The molecular weight excluding hydrogens is 266 g/mol. The molecule has 1 saturated carbocycles. The first-order valence-electron chi connectivity index (χ1n) is 7.80. The highest BCUT2D eigenvalue weighted by molar-refractivity contribution is 5.74.